The van der Waals surface area contributed by atoms with Crippen LogP contribution >= 0.6 is 11.6 Å². The Morgan fingerprint density at radius 1 is 1.15 bits per heavy atom. The third-order valence-electron chi connectivity index (χ3n) is 7.58. The van der Waals surface area contributed by atoms with Crippen LogP contribution in [0.2, 0.25) is 5.02 Å². The largest absolute Gasteiger partial charge is 0.497 e. The summed E-state index contributed by atoms with van der Waals surface area (Å²) in [6.45, 7) is 1.61. The minimum absolute atomic E-state index is 0.0285. The predicted molar refractivity (Wildman–Crippen MR) is 150 cm³/mol. The number of carbonyl (C=O) groups is 2. The van der Waals surface area contributed by atoms with Gasteiger partial charge in [0, 0.05) is 37.3 Å². The minimum Gasteiger partial charge on any atom is -0.497 e. The molecule has 2 amide bonds. The van der Waals surface area contributed by atoms with Crippen LogP contribution in [0.5, 0.6) is 11.5 Å². The minimum atomic E-state index is -4.62. The van der Waals surface area contributed by atoms with Crippen molar-refractivity contribution in [2.45, 2.75) is 35.9 Å². The van der Waals surface area contributed by atoms with Gasteiger partial charge in [-0.1, -0.05) is 11.6 Å². The van der Waals surface area contributed by atoms with E-state index in [0.717, 1.165) is 0 Å². The smallest absolute Gasteiger partial charge is 0.274 e. The van der Waals surface area contributed by atoms with Crippen molar-refractivity contribution in [2.75, 3.05) is 39.2 Å². The summed E-state index contributed by atoms with van der Waals surface area (Å²) in [4.78, 5) is 31.0. The summed E-state index contributed by atoms with van der Waals surface area (Å²) in [5.41, 5.74) is -1.17. The highest BCUT2D eigenvalue weighted by Crippen LogP contribution is 2.54. The molecule has 0 bridgehead atoms. The van der Waals surface area contributed by atoms with Gasteiger partial charge in [-0.3, -0.25) is 14.5 Å². The maximum absolute atomic E-state index is 15.0. The Balaban J connectivity index is 1.83. The van der Waals surface area contributed by atoms with Gasteiger partial charge in [0.05, 0.1) is 38.3 Å². The summed E-state index contributed by atoms with van der Waals surface area (Å²) >= 11 is 6.46. The number of amides is 2. The molecular formula is C28H30ClN3O8S. The third-order valence-corrected chi connectivity index (χ3v) is 9.55. The average molecular weight is 604 g/mol. The van der Waals surface area contributed by atoms with E-state index in [1.54, 1.807) is 27.1 Å². The van der Waals surface area contributed by atoms with Crippen LogP contribution in [0, 0.1) is 6.92 Å². The first kappa shape index (κ1) is 28.9. The van der Waals surface area contributed by atoms with Gasteiger partial charge in [-0.15, -0.1) is 0 Å². The topological polar surface area (TPSA) is 130 Å². The number of halogens is 1. The van der Waals surface area contributed by atoms with Crippen molar-refractivity contribution in [1.82, 2.24) is 9.80 Å². The van der Waals surface area contributed by atoms with Crippen LogP contribution in [0.4, 0.5) is 5.69 Å². The number of likely N-dealkylation sites (tertiary alicyclic amines) is 1. The summed E-state index contributed by atoms with van der Waals surface area (Å²) in [5, 5.41) is 11.0. The Hall–Kier alpha value is -3.58. The molecule has 1 unspecified atom stereocenters. The number of nitrogens with zero attached hydrogens (tertiary/aromatic N) is 3. The van der Waals surface area contributed by atoms with Gasteiger partial charge in [-0.25, -0.2) is 12.7 Å². The van der Waals surface area contributed by atoms with E-state index in [4.69, 9.17) is 25.5 Å². The highest BCUT2D eigenvalue weighted by atomic mass is 35.5. The predicted octanol–water partition coefficient (Wildman–Crippen LogP) is 2.76. The SMILES string of the molecule is COc1ccc(S(=O)(=O)N2C(=O)C(c3occc3C)(N3C[C@H](O)C[C@H]3C(=O)N(C)C)c3cc(Cl)ccc32)c(OC)c1. The molecule has 3 atom stereocenters. The molecule has 1 N–H and O–H groups in total. The van der Waals surface area contributed by atoms with Crippen LogP contribution in [0.3, 0.4) is 0 Å². The zero-order chi connectivity index (χ0) is 29.9. The van der Waals surface area contributed by atoms with Crippen molar-refractivity contribution < 1.29 is 37.0 Å². The number of likely N-dealkylation sites (N-methyl/N-ethyl adjacent to an activating group) is 1. The monoisotopic (exact) mass is 603 g/mol. The molecule has 3 aromatic rings. The summed E-state index contributed by atoms with van der Waals surface area (Å²) in [6, 6.07) is 9.25. The van der Waals surface area contributed by atoms with Crippen molar-refractivity contribution in [3.05, 3.63) is 70.6 Å². The fraction of sp³-hybridized carbons (Fsp3) is 0.357. The van der Waals surface area contributed by atoms with Crippen molar-refractivity contribution in [3.8, 4) is 11.5 Å². The molecule has 0 saturated carbocycles. The molecule has 0 aliphatic carbocycles. The van der Waals surface area contributed by atoms with Crippen LogP contribution in [-0.2, 0) is 25.2 Å². The normalized spacial score (nSPS) is 22.6. The van der Waals surface area contributed by atoms with Crippen LogP contribution in [0.25, 0.3) is 0 Å². The lowest BCUT2D eigenvalue weighted by molar-refractivity contribution is -0.138. The van der Waals surface area contributed by atoms with Gasteiger partial charge >= 0.3 is 0 Å². The standard InChI is InChI=1S/C28H30ClN3O8S/c1-16-10-11-40-25(16)28(31-15-18(33)13-22(31)26(34)30(2)3)20-12-17(29)6-8-21(20)32(27(28)35)41(36,37)24-9-7-19(38-4)14-23(24)39-5/h6-12,14,18,22,33H,13,15H2,1-5H3/t18-,22+,28?/m1/s1. The van der Waals surface area contributed by atoms with Gasteiger partial charge in [-0.05, 0) is 55.3 Å². The van der Waals surface area contributed by atoms with Crippen LogP contribution < -0.4 is 13.8 Å². The molecule has 1 saturated heterocycles. The van der Waals surface area contributed by atoms with E-state index in [1.165, 1.54) is 66.7 Å². The molecule has 41 heavy (non-hydrogen) atoms. The lowest BCUT2D eigenvalue weighted by Crippen LogP contribution is -2.59. The van der Waals surface area contributed by atoms with E-state index in [9.17, 15) is 23.1 Å². The fourth-order valence-corrected chi connectivity index (χ4v) is 7.53. The first-order chi connectivity index (χ1) is 19.4. The van der Waals surface area contributed by atoms with Gasteiger partial charge in [0.15, 0.2) is 5.54 Å². The number of anilines is 1. The molecule has 1 aromatic heterocycles. The maximum Gasteiger partial charge on any atom is 0.274 e. The first-order valence-corrected chi connectivity index (χ1v) is 14.5. The molecule has 2 aromatic carbocycles. The third kappa shape index (κ3) is 4.28. The van der Waals surface area contributed by atoms with E-state index in [2.05, 4.69) is 0 Å². The Kier molecular flexibility index (Phi) is 7.31. The zero-order valence-corrected chi connectivity index (χ0v) is 24.7. The Labute approximate surface area is 242 Å². The second-order valence-electron chi connectivity index (χ2n) is 10.2. The Bertz CT molecular complexity index is 1640. The number of rotatable bonds is 7. The first-order valence-electron chi connectivity index (χ1n) is 12.7. The zero-order valence-electron chi connectivity index (χ0n) is 23.1. The van der Waals surface area contributed by atoms with Gasteiger partial charge in [0.2, 0.25) is 5.91 Å². The van der Waals surface area contributed by atoms with E-state index in [1.807, 2.05) is 0 Å². The molecule has 2 aliphatic heterocycles. The fourth-order valence-electron chi connectivity index (χ4n) is 5.76. The number of methoxy groups -OCH3 is 2. The summed E-state index contributed by atoms with van der Waals surface area (Å²) in [6.07, 6.45) is 0.447. The van der Waals surface area contributed by atoms with Crippen molar-refractivity contribution >= 4 is 39.1 Å². The molecule has 0 radical (unpaired) electrons. The lowest BCUT2D eigenvalue weighted by Gasteiger charge is -2.40. The van der Waals surface area contributed by atoms with Crippen molar-refractivity contribution in [2.24, 2.45) is 0 Å². The number of aryl methyl sites for hydroxylation is 1. The van der Waals surface area contributed by atoms with E-state index in [0.29, 0.717) is 15.6 Å². The molecule has 5 rings (SSSR count). The van der Waals surface area contributed by atoms with Gasteiger partial charge in [-0.2, -0.15) is 0 Å². The highest BCUT2D eigenvalue weighted by molar-refractivity contribution is 7.93. The quantitative estimate of drug-likeness (QED) is 0.433. The molecule has 2 aliphatic rings. The van der Waals surface area contributed by atoms with E-state index >= 15 is 0 Å². The molecular weight excluding hydrogens is 574 g/mol. The molecule has 13 heteroatoms. The number of hydrogen-bond acceptors (Lipinski definition) is 9. The number of furan rings is 1. The van der Waals surface area contributed by atoms with Gasteiger partial charge in [0.1, 0.15) is 22.2 Å². The summed E-state index contributed by atoms with van der Waals surface area (Å²) in [7, 11) is 1.27. The number of aliphatic hydroxyl groups is 1. The molecule has 1 fully saturated rings. The van der Waals surface area contributed by atoms with Crippen LogP contribution in [0.1, 0.15) is 23.3 Å². The van der Waals surface area contributed by atoms with E-state index < -0.39 is 33.6 Å². The molecule has 3 heterocycles. The number of β-amino-alcohol motifs (C(OH)–C–C–N with tert-alkyl or cyclic N) is 1. The number of fused-ring (bicyclic) bond motifs is 1. The van der Waals surface area contributed by atoms with Gasteiger partial charge in [0.25, 0.3) is 15.9 Å². The summed E-state index contributed by atoms with van der Waals surface area (Å²) < 4.78 is 46.0. The highest BCUT2D eigenvalue weighted by Gasteiger charge is 2.65. The Morgan fingerprint density at radius 3 is 2.49 bits per heavy atom. The number of aliphatic hydroxyl groups excluding tert-OH is 1. The second kappa shape index (κ2) is 10.4. The lowest BCUT2D eigenvalue weighted by atomic mass is 9.84. The number of benzene rings is 2. The van der Waals surface area contributed by atoms with Gasteiger partial charge < -0.3 is 23.9 Å². The number of sulfonamides is 1. The second-order valence-corrected chi connectivity index (χ2v) is 12.4. The molecule has 11 nitrogen and oxygen atoms in total. The Morgan fingerprint density at radius 2 is 1.88 bits per heavy atom. The summed E-state index contributed by atoms with van der Waals surface area (Å²) in [5.74, 6) is -0.818. The number of hydrogen-bond donors (Lipinski definition) is 1. The average Bonchev–Trinajstić information content (AvgIpc) is 3.61. The van der Waals surface area contributed by atoms with Crippen molar-refractivity contribution in [3.63, 3.8) is 0 Å². The van der Waals surface area contributed by atoms with Crippen LogP contribution in [0.15, 0.2) is 58.0 Å². The molecule has 218 valence electrons. The van der Waals surface area contributed by atoms with Crippen LogP contribution in [-0.4, -0.2) is 82.1 Å². The van der Waals surface area contributed by atoms with E-state index in [-0.39, 0.29) is 51.6 Å². The maximum atomic E-state index is 15.0. The van der Waals surface area contributed by atoms with Crippen molar-refractivity contribution in [1.29, 1.82) is 0 Å². The number of carbonyl (C=O) groups excluding carboxylic acids is 2. The number of ether oxygens (including phenoxy) is 2. The molecule has 0 spiro atoms.